The number of hydrogen-bond acceptors (Lipinski definition) is 0. The van der Waals surface area contributed by atoms with Gasteiger partial charge in [0.25, 0.3) is 0 Å². The summed E-state index contributed by atoms with van der Waals surface area (Å²) < 4.78 is 39.5. The Morgan fingerprint density at radius 3 is 2.80 bits per heavy atom. The van der Waals surface area contributed by atoms with Crippen LogP contribution in [0.5, 0.6) is 0 Å². The molecule has 0 aromatic carbocycles. The molecule has 0 aromatic rings. The topological polar surface area (TPSA) is 0 Å². The third-order valence-electron chi connectivity index (χ3n) is 0.540. The number of hydrogen-bond donors (Lipinski definition) is 0. The van der Waals surface area contributed by atoms with Crippen molar-refractivity contribution in [1.29, 1.82) is 0 Å². The van der Waals surface area contributed by atoms with Crippen molar-refractivity contribution >= 4 is 0 Å². The zero-order valence-electron chi connectivity index (χ0n) is 6.66. The molecule has 0 amide bonds. The highest BCUT2D eigenvalue weighted by Crippen LogP contribution is 2.20. The third kappa shape index (κ3) is 0.416. The van der Waals surface area contributed by atoms with Crippen molar-refractivity contribution in [2.75, 3.05) is 0 Å². The Bertz CT molecular complexity index is 133. The molecule has 1 rings (SSSR count). The van der Waals surface area contributed by atoms with E-state index in [2.05, 4.69) is 0 Å². The lowest BCUT2D eigenvalue weighted by Crippen LogP contribution is -2.09. The Balaban J connectivity index is 2.70. The average Bonchev–Trinajstić information content (AvgIpc) is 1.65. The quantitative estimate of drug-likeness (QED) is 0.412. The molecule has 0 aliphatic heterocycles. The third-order valence-corrected chi connectivity index (χ3v) is 0.540. The molecule has 0 unspecified atom stereocenters. The van der Waals surface area contributed by atoms with Gasteiger partial charge in [-0.3, -0.25) is 0 Å². The lowest BCUT2D eigenvalue weighted by Gasteiger charge is -2.14. The van der Waals surface area contributed by atoms with Crippen molar-refractivity contribution in [1.82, 2.24) is 0 Å². The van der Waals surface area contributed by atoms with E-state index in [0.29, 0.717) is 0 Å². The van der Waals surface area contributed by atoms with Crippen molar-refractivity contribution < 1.29 is 9.87 Å². The normalized spacial score (nSPS) is 68.6. The minimum absolute atomic E-state index is 0.306. The molecule has 0 N–H and O–H groups in total. The van der Waals surface area contributed by atoms with E-state index < -0.39 is 18.9 Å². The van der Waals surface area contributed by atoms with E-state index in [0.717, 1.165) is 0 Å². The zero-order chi connectivity index (χ0) is 7.28. The molecule has 0 spiro atoms. The SMILES string of the molecule is [2H]C1([2H])C[C@H](F)C1([2H])[2H]. The summed E-state index contributed by atoms with van der Waals surface area (Å²) in [5, 5.41) is 0. The van der Waals surface area contributed by atoms with Crippen LogP contribution < -0.4 is 0 Å². The van der Waals surface area contributed by atoms with E-state index in [4.69, 9.17) is 5.48 Å². The molecule has 1 saturated carbocycles. The second-order valence-electron chi connectivity index (χ2n) is 0.993. The molecule has 0 heterocycles. The molecule has 0 radical (unpaired) electrons. The maximum Gasteiger partial charge on any atom is 0.100 e. The molecule has 1 heteroatoms. The predicted molar refractivity (Wildman–Crippen MR) is 18.7 cm³/mol. The van der Waals surface area contributed by atoms with Crippen LogP contribution in [0.15, 0.2) is 0 Å². The molecule has 30 valence electrons. The maximum absolute atomic E-state index is 12.2. The van der Waals surface area contributed by atoms with Crippen LogP contribution in [-0.2, 0) is 0 Å². The van der Waals surface area contributed by atoms with Crippen LogP contribution in [0.1, 0.15) is 24.6 Å². The molecule has 0 saturated heterocycles. The minimum atomic E-state index is -2.26. The highest BCUT2D eigenvalue weighted by molar-refractivity contribution is 4.65. The second-order valence-corrected chi connectivity index (χ2v) is 0.993. The highest BCUT2D eigenvalue weighted by Gasteiger charge is 2.14. The van der Waals surface area contributed by atoms with Gasteiger partial charge in [-0.15, -0.1) is 0 Å². The first-order valence-corrected chi connectivity index (χ1v) is 1.52. The van der Waals surface area contributed by atoms with Crippen LogP contribution in [0.2, 0.25) is 0 Å². The summed E-state index contributed by atoms with van der Waals surface area (Å²) in [6.45, 7) is 0. The van der Waals surface area contributed by atoms with Gasteiger partial charge in [0.2, 0.25) is 0 Å². The van der Waals surface area contributed by atoms with Gasteiger partial charge in [0.15, 0.2) is 0 Å². The summed E-state index contributed by atoms with van der Waals surface area (Å²) in [4.78, 5) is 0. The van der Waals surface area contributed by atoms with Crippen LogP contribution in [0, 0.1) is 0 Å². The highest BCUT2D eigenvalue weighted by atomic mass is 19.1. The molecule has 5 heavy (non-hydrogen) atoms. The molecule has 0 nitrogen and oxygen atoms in total. The fourth-order valence-corrected chi connectivity index (χ4v) is 0.179. The van der Waals surface area contributed by atoms with Crippen LogP contribution in [0.3, 0.4) is 0 Å². The fourth-order valence-electron chi connectivity index (χ4n) is 0.179. The number of halogens is 1. The van der Waals surface area contributed by atoms with Gasteiger partial charge in [-0.1, -0.05) is 0 Å². The van der Waals surface area contributed by atoms with Crippen molar-refractivity contribution in [3.63, 3.8) is 0 Å². The van der Waals surface area contributed by atoms with Gasteiger partial charge in [0.05, 0.1) is 0 Å². The van der Waals surface area contributed by atoms with Crippen molar-refractivity contribution in [3.05, 3.63) is 0 Å². The molecule has 0 bridgehead atoms. The predicted octanol–water partition coefficient (Wildman–Crippen LogP) is 1.51. The average molecular weight is 78.1 g/mol. The van der Waals surface area contributed by atoms with Gasteiger partial charge < -0.3 is 0 Å². The molecule has 0 aromatic heterocycles. The summed E-state index contributed by atoms with van der Waals surface area (Å²) in [6.07, 6.45) is -6.13. The Morgan fingerprint density at radius 1 is 2.00 bits per heavy atom. The van der Waals surface area contributed by atoms with Gasteiger partial charge in [-0.25, -0.2) is 4.39 Å². The second kappa shape index (κ2) is 0.959. The summed E-state index contributed by atoms with van der Waals surface area (Å²) in [6, 6.07) is 0. The van der Waals surface area contributed by atoms with Gasteiger partial charge >= 0.3 is 0 Å². The van der Waals surface area contributed by atoms with Crippen molar-refractivity contribution in [2.45, 2.75) is 25.3 Å². The minimum Gasteiger partial charge on any atom is -0.247 e. The van der Waals surface area contributed by atoms with Crippen LogP contribution in [0.25, 0.3) is 0 Å². The molecule has 1 atom stereocenters. The Morgan fingerprint density at radius 2 is 2.80 bits per heavy atom. The van der Waals surface area contributed by atoms with Crippen LogP contribution in [-0.4, -0.2) is 6.17 Å². The Kier molecular flexibility index (Phi) is 0.183. The van der Waals surface area contributed by atoms with E-state index in [1.807, 2.05) is 0 Å². The number of rotatable bonds is 0. The van der Waals surface area contributed by atoms with E-state index in [1.165, 1.54) is 0 Å². The molecular weight excluding hydrogens is 67.0 g/mol. The van der Waals surface area contributed by atoms with Gasteiger partial charge in [0.1, 0.15) is 6.17 Å². The summed E-state index contributed by atoms with van der Waals surface area (Å²) in [5.41, 5.74) is 0. The van der Waals surface area contributed by atoms with Gasteiger partial charge in [0, 0.05) is 5.48 Å². The first-order chi connectivity index (χ1) is 3.88. The summed E-state index contributed by atoms with van der Waals surface area (Å²) in [7, 11) is 0. The monoisotopic (exact) mass is 78.1 g/mol. The van der Waals surface area contributed by atoms with Gasteiger partial charge in [-0.2, -0.15) is 0 Å². The Labute approximate surface area is 36.6 Å². The summed E-state index contributed by atoms with van der Waals surface area (Å²) in [5.74, 6) is 0. The van der Waals surface area contributed by atoms with Crippen LogP contribution >= 0.6 is 0 Å². The lowest BCUT2D eigenvalue weighted by molar-refractivity contribution is 0.211. The molecule has 1 fully saturated rings. The fraction of sp³-hybridized carbons (Fsp3) is 1.00. The van der Waals surface area contributed by atoms with E-state index in [1.54, 1.807) is 0 Å². The van der Waals surface area contributed by atoms with E-state index >= 15 is 0 Å². The van der Waals surface area contributed by atoms with E-state index in [9.17, 15) is 4.39 Å². The molecule has 1 aliphatic rings. The smallest absolute Gasteiger partial charge is 0.100 e. The molecular formula is C4H7F. The van der Waals surface area contributed by atoms with Crippen molar-refractivity contribution in [2.24, 2.45) is 0 Å². The van der Waals surface area contributed by atoms with Gasteiger partial charge in [-0.05, 0) is 19.2 Å². The summed E-state index contributed by atoms with van der Waals surface area (Å²) >= 11 is 0. The zero-order valence-corrected chi connectivity index (χ0v) is 2.66. The maximum atomic E-state index is 12.2. The first-order valence-electron chi connectivity index (χ1n) is 3.52. The van der Waals surface area contributed by atoms with Crippen molar-refractivity contribution in [3.8, 4) is 0 Å². The van der Waals surface area contributed by atoms with E-state index in [-0.39, 0.29) is 6.42 Å². The first kappa shape index (κ1) is 0.955. The largest absolute Gasteiger partial charge is 0.247 e. The molecule has 1 aliphatic carbocycles. The number of alkyl halides is 1. The van der Waals surface area contributed by atoms with Crippen LogP contribution in [0.4, 0.5) is 4.39 Å². The standard InChI is InChI=1S/C4H7F/c5-4-2-1-3-4/h4H,1-3H2/i1D2,2D2/t4-/m1/s1. The Hall–Kier alpha value is -0.0700. The lowest BCUT2D eigenvalue weighted by atomic mass is 9.98.